The van der Waals surface area contributed by atoms with Gasteiger partial charge in [-0.1, -0.05) is 0 Å². The number of aromatic amines is 1. The van der Waals surface area contributed by atoms with Crippen LogP contribution in [0, 0.1) is 6.92 Å². The van der Waals surface area contributed by atoms with Crippen molar-refractivity contribution in [2.75, 3.05) is 19.3 Å². The summed E-state index contributed by atoms with van der Waals surface area (Å²) in [5.41, 5.74) is 1.02. The molecule has 2 rings (SSSR count). The minimum Gasteiger partial charge on any atom is -0.346 e. The fraction of sp³-hybridized carbons (Fsp3) is 0.667. The Bertz CT molecular complexity index is 452. The first-order chi connectivity index (χ1) is 6.97. The zero-order chi connectivity index (χ0) is 11.1. The van der Waals surface area contributed by atoms with Crippen LogP contribution in [-0.2, 0) is 10.0 Å². The van der Waals surface area contributed by atoms with E-state index in [1.807, 2.05) is 6.92 Å². The third-order valence-electron chi connectivity index (χ3n) is 2.73. The molecule has 2 heterocycles. The molecule has 1 atom stereocenters. The first kappa shape index (κ1) is 10.6. The summed E-state index contributed by atoms with van der Waals surface area (Å²) in [4.78, 5) is 7.39. The van der Waals surface area contributed by atoms with Gasteiger partial charge in [-0.3, -0.25) is 0 Å². The summed E-state index contributed by atoms with van der Waals surface area (Å²) in [5, 5.41) is 0. The van der Waals surface area contributed by atoms with Gasteiger partial charge in [-0.25, -0.2) is 17.7 Å². The van der Waals surface area contributed by atoms with Crippen LogP contribution in [0.2, 0.25) is 0 Å². The van der Waals surface area contributed by atoms with Gasteiger partial charge in [0.25, 0.3) is 0 Å². The van der Waals surface area contributed by atoms with Crippen molar-refractivity contribution in [3.8, 4) is 0 Å². The number of rotatable bonds is 2. The smallest absolute Gasteiger partial charge is 0.211 e. The minimum absolute atomic E-state index is 0.216. The van der Waals surface area contributed by atoms with Gasteiger partial charge in [0.05, 0.1) is 6.26 Å². The van der Waals surface area contributed by atoms with Gasteiger partial charge in [-0.15, -0.1) is 0 Å². The Morgan fingerprint density at radius 1 is 1.60 bits per heavy atom. The van der Waals surface area contributed by atoms with Crippen LogP contribution in [0.25, 0.3) is 0 Å². The highest BCUT2D eigenvalue weighted by molar-refractivity contribution is 7.88. The van der Waals surface area contributed by atoms with E-state index in [0.717, 1.165) is 17.9 Å². The highest BCUT2D eigenvalue weighted by atomic mass is 32.2. The number of aryl methyl sites for hydroxylation is 1. The average molecular weight is 229 g/mol. The summed E-state index contributed by atoms with van der Waals surface area (Å²) in [6.07, 6.45) is 3.88. The summed E-state index contributed by atoms with van der Waals surface area (Å²) < 4.78 is 24.1. The number of imidazole rings is 1. The first-order valence-corrected chi connectivity index (χ1v) is 6.78. The molecule has 1 aromatic rings. The molecule has 0 spiro atoms. The SMILES string of the molecule is Cc1cnc(C2CCN(S(C)(=O)=O)C2)[nH]1. The second-order valence-corrected chi connectivity index (χ2v) is 6.04. The lowest BCUT2D eigenvalue weighted by molar-refractivity contribution is 0.477. The van der Waals surface area contributed by atoms with Gasteiger partial charge >= 0.3 is 0 Å². The van der Waals surface area contributed by atoms with Crippen molar-refractivity contribution in [1.82, 2.24) is 14.3 Å². The summed E-state index contributed by atoms with van der Waals surface area (Å²) >= 11 is 0. The molecule has 1 aliphatic heterocycles. The van der Waals surface area contributed by atoms with E-state index < -0.39 is 10.0 Å². The number of hydrogen-bond donors (Lipinski definition) is 1. The Hall–Kier alpha value is -0.880. The predicted octanol–water partition coefficient (Wildman–Crippen LogP) is 0.467. The van der Waals surface area contributed by atoms with Crippen LogP contribution >= 0.6 is 0 Å². The van der Waals surface area contributed by atoms with E-state index in [-0.39, 0.29) is 5.92 Å². The van der Waals surface area contributed by atoms with Crippen molar-refractivity contribution in [3.63, 3.8) is 0 Å². The second kappa shape index (κ2) is 3.61. The van der Waals surface area contributed by atoms with Gasteiger partial charge in [-0.05, 0) is 13.3 Å². The number of aromatic nitrogens is 2. The molecule has 0 aromatic carbocycles. The zero-order valence-electron chi connectivity index (χ0n) is 8.90. The second-order valence-electron chi connectivity index (χ2n) is 4.06. The zero-order valence-corrected chi connectivity index (χ0v) is 9.71. The summed E-state index contributed by atoms with van der Waals surface area (Å²) in [6, 6.07) is 0. The van der Waals surface area contributed by atoms with Gasteiger partial charge in [-0.2, -0.15) is 0 Å². The van der Waals surface area contributed by atoms with Crippen molar-refractivity contribution in [1.29, 1.82) is 0 Å². The third-order valence-corrected chi connectivity index (χ3v) is 4.00. The fourth-order valence-corrected chi connectivity index (χ4v) is 2.78. The van der Waals surface area contributed by atoms with E-state index in [4.69, 9.17) is 0 Å². The lowest BCUT2D eigenvalue weighted by Gasteiger charge is -2.11. The molecule has 1 aromatic heterocycles. The molecule has 1 unspecified atom stereocenters. The fourth-order valence-electron chi connectivity index (χ4n) is 1.89. The van der Waals surface area contributed by atoms with Gasteiger partial charge < -0.3 is 4.98 Å². The largest absolute Gasteiger partial charge is 0.346 e. The maximum absolute atomic E-state index is 11.3. The summed E-state index contributed by atoms with van der Waals surface area (Å²) in [5.74, 6) is 1.12. The average Bonchev–Trinajstić information content (AvgIpc) is 2.69. The van der Waals surface area contributed by atoms with Crippen molar-refractivity contribution in [3.05, 3.63) is 17.7 Å². The van der Waals surface area contributed by atoms with Crippen LogP contribution in [0.3, 0.4) is 0 Å². The van der Waals surface area contributed by atoms with E-state index in [0.29, 0.717) is 13.1 Å². The molecule has 1 fully saturated rings. The van der Waals surface area contributed by atoms with Crippen molar-refractivity contribution in [2.45, 2.75) is 19.3 Å². The molecular formula is C9H15N3O2S. The van der Waals surface area contributed by atoms with E-state index in [1.54, 1.807) is 6.20 Å². The Balaban J connectivity index is 2.11. The maximum Gasteiger partial charge on any atom is 0.211 e. The molecule has 6 heteroatoms. The van der Waals surface area contributed by atoms with Crippen LogP contribution in [0.1, 0.15) is 23.9 Å². The van der Waals surface area contributed by atoms with Crippen LogP contribution < -0.4 is 0 Å². The highest BCUT2D eigenvalue weighted by Gasteiger charge is 2.30. The van der Waals surface area contributed by atoms with Crippen LogP contribution in [0.4, 0.5) is 0 Å². The molecule has 5 nitrogen and oxygen atoms in total. The molecule has 1 aliphatic rings. The molecule has 0 saturated carbocycles. The number of H-pyrrole nitrogens is 1. The topological polar surface area (TPSA) is 66.1 Å². The summed E-state index contributed by atoms with van der Waals surface area (Å²) in [6.45, 7) is 3.09. The number of nitrogens with one attached hydrogen (secondary N) is 1. The number of nitrogens with zero attached hydrogens (tertiary/aromatic N) is 2. The lowest BCUT2D eigenvalue weighted by atomic mass is 10.1. The molecule has 1 N–H and O–H groups in total. The number of sulfonamides is 1. The van der Waals surface area contributed by atoms with E-state index in [2.05, 4.69) is 9.97 Å². The Morgan fingerprint density at radius 2 is 2.33 bits per heavy atom. The normalized spacial score (nSPS) is 23.5. The summed E-state index contributed by atoms with van der Waals surface area (Å²) in [7, 11) is -3.04. The maximum atomic E-state index is 11.3. The monoisotopic (exact) mass is 229 g/mol. The molecule has 15 heavy (non-hydrogen) atoms. The van der Waals surface area contributed by atoms with Gasteiger partial charge in [0, 0.05) is 30.9 Å². The van der Waals surface area contributed by atoms with Gasteiger partial charge in [0.15, 0.2) is 0 Å². The van der Waals surface area contributed by atoms with Crippen molar-refractivity contribution in [2.24, 2.45) is 0 Å². The Labute approximate surface area is 89.6 Å². The minimum atomic E-state index is -3.04. The van der Waals surface area contributed by atoms with Gasteiger partial charge in [0.1, 0.15) is 5.82 Å². The molecule has 0 bridgehead atoms. The quantitative estimate of drug-likeness (QED) is 0.801. The molecular weight excluding hydrogens is 214 g/mol. The van der Waals surface area contributed by atoms with E-state index in [1.165, 1.54) is 10.6 Å². The van der Waals surface area contributed by atoms with E-state index >= 15 is 0 Å². The predicted molar refractivity (Wildman–Crippen MR) is 57.1 cm³/mol. The Kier molecular flexibility index (Phi) is 2.56. The van der Waals surface area contributed by atoms with Gasteiger partial charge in [0.2, 0.25) is 10.0 Å². The van der Waals surface area contributed by atoms with Crippen LogP contribution in [0.15, 0.2) is 6.20 Å². The number of hydrogen-bond acceptors (Lipinski definition) is 3. The lowest BCUT2D eigenvalue weighted by Crippen LogP contribution is -2.27. The molecule has 0 amide bonds. The standard InChI is InChI=1S/C9H15N3O2S/c1-7-5-10-9(11-7)8-3-4-12(6-8)15(2,13)14/h5,8H,3-4,6H2,1-2H3,(H,10,11). The first-order valence-electron chi connectivity index (χ1n) is 4.93. The van der Waals surface area contributed by atoms with Crippen LogP contribution in [-0.4, -0.2) is 42.0 Å². The van der Waals surface area contributed by atoms with E-state index in [9.17, 15) is 8.42 Å². The highest BCUT2D eigenvalue weighted by Crippen LogP contribution is 2.26. The molecule has 84 valence electrons. The van der Waals surface area contributed by atoms with Crippen molar-refractivity contribution < 1.29 is 8.42 Å². The van der Waals surface area contributed by atoms with Crippen LogP contribution in [0.5, 0.6) is 0 Å². The molecule has 0 radical (unpaired) electrons. The molecule has 1 saturated heterocycles. The third kappa shape index (κ3) is 2.21. The Morgan fingerprint density at radius 3 is 2.80 bits per heavy atom. The molecule has 0 aliphatic carbocycles. The van der Waals surface area contributed by atoms with Crippen molar-refractivity contribution >= 4 is 10.0 Å².